The van der Waals surface area contributed by atoms with E-state index in [1.54, 1.807) is 43.3 Å². The van der Waals surface area contributed by atoms with Crippen LogP contribution in [-0.2, 0) is 0 Å². The zero-order valence-electron chi connectivity index (χ0n) is 11.4. The number of ether oxygens (including phenoxy) is 1. The number of phenols is 1. The smallest absolute Gasteiger partial charge is 0.314 e. The lowest BCUT2D eigenvalue weighted by molar-refractivity contribution is -0.385. The van der Waals surface area contributed by atoms with Crippen LogP contribution in [0.25, 0.3) is 0 Å². The fourth-order valence-electron chi connectivity index (χ4n) is 1.75. The van der Waals surface area contributed by atoms with Crippen LogP contribution in [0.2, 0.25) is 5.02 Å². The highest BCUT2D eigenvalue weighted by atomic mass is 35.5. The summed E-state index contributed by atoms with van der Waals surface area (Å²) >= 11 is 5.80. The minimum absolute atomic E-state index is 0.270. The van der Waals surface area contributed by atoms with Gasteiger partial charge in [0.15, 0.2) is 11.5 Å². The predicted molar refractivity (Wildman–Crippen MR) is 80.6 cm³/mol. The first-order valence-corrected chi connectivity index (χ1v) is 6.38. The molecular formula is C14H13ClN2O4. The molecule has 0 aliphatic carbocycles. The lowest BCUT2D eigenvalue weighted by Crippen LogP contribution is -2.10. The molecule has 2 aromatic rings. The second kappa shape index (κ2) is 5.88. The maximum absolute atomic E-state index is 10.9. The Labute approximate surface area is 126 Å². The summed E-state index contributed by atoms with van der Waals surface area (Å²) in [7, 11) is 3.49. The van der Waals surface area contributed by atoms with Crippen LogP contribution in [0.4, 0.5) is 11.4 Å². The number of benzene rings is 2. The van der Waals surface area contributed by atoms with Gasteiger partial charge >= 0.3 is 5.69 Å². The van der Waals surface area contributed by atoms with Crippen molar-refractivity contribution in [2.24, 2.45) is 0 Å². The van der Waals surface area contributed by atoms with Crippen molar-refractivity contribution in [1.29, 1.82) is 0 Å². The molecule has 0 atom stereocenters. The van der Waals surface area contributed by atoms with E-state index in [1.807, 2.05) is 0 Å². The number of hydrogen-bond donors (Lipinski definition) is 1. The summed E-state index contributed by atoms with van der Waals surface area (Å²) < 4.78 is 5.66. The zero-order valence-corrected chi connectivity index (χ0v) is 12.2. The molecule has 0 unspecified atom stereocenters. The lowest BCUT2D eigenvalue weighted by atomic mass is 10.2. The number of nitrogens with zero attached hydrogens (tertiary/aromatic N) is 2. The Balaban J connectivity index is 2.46. The Hall–Kier alpha value is -2.47. The van der Waals surface area contributed by atoms with Crippen LogP contribution in [0.15, 0.2) is 36.4 Å². The summed E-state index contributed by atoms with van der Waals surface area (Å²) in [6.07, 6.45) is 0. The van der Waals surface area contributed by atoms with Crippen LogP contribution >= 0.6 is 11.6 Å². The molecule has 0 fully saturated rings. The molecule has 110 valence electrons. The molecule has 0 heterocycles. The van der Waals surface area contributed by atoms with E-state index in [0.717, 1.165) is 0 Å². The van der Waals surface area contributed by atoms with Gasteiger partial charge in [-0.25, -0.2) is 0 Å². The van der Waals surface area contributed by atoms with Gasteiger partial charge in [-0.1, -0.05) is 11.6 Å². The molecule has 0 radical (unpaired) electrons. The van der Waals surface area contributed by atoms with E-state index in [2.05, 4.69) is 0 Å². The van der Waals surface area contributed by atoms with Gasteiger partial charge in [-0.15, -0.1) is 0 Å². The molecule has 0 bridgehead atoms. The summed E-state index contributed by atoms with van der Waals surface area (Å²) in [6, 6.07) is 9.10. The fourth-order valence-corrected chi connectivity index (χ4v) is 1.88. The maximum Gasteiger partial charge on any atom is 0.314 e. The Kier molecular flexibility index (Phi) is 4.18. The monoisotopic (exact) mass is 308 g/mol. The highest BCUT2D eigenvalue weighted by molar-refractivity contribution is 6.30. The quantitative estimate of drug-likeness (QED) is 0.686. The first-order chi connectivity index (χ1) is 9.88. The number of hydrogen-bond acceptors (Lipinski definition) is 5. The van der Waals surface area contributed by atoms with Gasteiger partial charge in [0.2, 0.25) is 0 Å². The number of anilines is 1. The van der Waals surface area contributed by atoms with Gasteiger partial charge in [0.25, 0.3) is 0 Å². The minimum atomic E-state index is -0.663. The number of phenolic OH excluding ortho intramolecular Hbond substituents is 1. The number of halogens is 1. The molecule has 0 saturated heterocycles. The minimum Gasteiger partial charge on any atom is -0.502 e. The largest absolute Gasteiger partial charge is 0.502 e. The molecule has 0 aromatic heterocycles. The van der Waals surface area contributed by atoms with Crippen molar-refractivity contribution in [3.63, 3.8) is 0 Å². The highest BCUT2D eigenvalue weighted by Gasteiger charge is 2.20. The molecule has 21 heavy (non-hydrogen) atoms. The SMILES string of the molecule is CN(C)c1cc(O)c([N+](=O)[O-])cc1Oc1ccc(Cl)cc1. The van der Waals surface area contributed by atoms with Crippen LogP contribution in [0.1, 0.15) is 0 Å². The zero-order chi connectivity index (χ0) is 15.6. The average molecular weight is 309 g/mol. The van der Waals surface area contributed by atoms with E-state index in [0.29, 0.717) is 16.5 Å². The van der Waals surface area contributed by atoms with Crippen molar-refractivity contribution < 1.29 is 14.8 Å². The standard InChI is InChI=1S/C14H13ClN2O4/c1-16(2)12-7-13(18)11(17(19)20)8-14(12)21-10-5-3-9(15)4-6-10/h3-8,18H,1-2H3. The second-order valence-corrected chi connectivity index (χ2v) is 4.95. The molecule has 0 spiro atoms. The molecule has 2 rings (SSSR count). The predicted octanol–water partition coefficient (Wildman–Crippen LogP) is 3.81. The van der Waals surface area contributed by atoms with E-state index >= 15 is 0 Å². The molecule has 0 saturated carbocycles. The van der Waals surface area contributed by atoms with Crippen LogP contribution in [0.3, 0.4) is 0 Å². The molecule has 0 aliphatic rings. The molecule has 7 heteroatoms. The molecule has 2 aromatic carbocycles. The first kappa shape index (κ1) is 14.9. The van der Waals surface area contributed by atoms with E-state index in [-0.39, 0.29) is 5.75 Å². The molecular weight excluding hydrogens is 296 g/mol. The van der Waals surface area contributed by atoms with E-state index in [9.17, 15) is 15.2 Å². The van der Waals surface area contributed by atoms with E-state index in [1.165, 1.54) is 12.1 Å². The maximum atomic E-state index is 10.9. The molecule has 1 N–H and O–H groups in total. The van der Waals surface area contributed by atoms with Gasteiger partial charge < -0.3 is 14.7 Å². The summed E-state index contributed by atoms with van der Waals surface area (Å²) in [5.74, 6) is 0.349. The van der Waals surface area contributed by atoms with Gasteiger partial charge in [-0.3, -0.25) is 10.1 Å². The van der Waals surface area contributed by atoms with Gasteiger partial charge in [-0.2, -0.15) is 0 Å². The third-order valence-electron chi connectivity index (χ3n) is 2.78. The molecule has 6 nitrogen and oxygen atoms in total. The third kappa shape index (κ3) is 3.35. The number of nitro groups is 1. The van der Waals surface area contributed by atoms with Crippen LogP contribution in [0, 0.1) is 10.1 Å². The number of nitro benzene ring substituents is 1. The third-order valence-corrected chi connectivity index (χ3v) is 3.03. The van der Waals surface area contributed by atoms with Gasteiger partial charge in [0.1, 0.15) is 5.75 Å². The van der Waals surface area contributed by atoms with Crippen molar-refractivity contribution in [2.45, 2.75) is 0 Å². The van der Waals surface area contributed by atoms with E-state index in [4.69, 9.17) is 16.3 Å². The average Bonchev–Trinajstić information content (AvgIpc) is 2.42. The normalized spacial score (nSPS) is 10.2. The van der Waals surface area contributed by atoms with Crippen molar-refractivity contribution in [2.75, 3.05) is 19.0 Å². The summed E-state index contributed by atoms with van der Waals surface area (Å²) in [5, 5.41) is 21.2. The first-order valence-electron chi connectivity index (χ1n) is 6.00. The van der Waals surface area contributed by atoms with E-state index < -0.39 is 16.4 Å². The van der Waals surface area contributed by atoms with Gasteiger partial charge in [0, 0.05) is 25.2 Å². The van der Waals surface area contributed by atoms with Gasteiger partial charge in [0.05, 0.1) is 16.7 Å². The van der Waals surface area contributed by atoms with Crippen molar-refractivity contribution in [1.82, 2.24) is 0 Å². The summed E-state index contributed by atoms with van der Waals surface area (Å²) in [6.45, 7) is 0. The van der Waals surface area contributed by atoms with Crippen molar-refractivity contribution in [3.05, 3.63) is 51.5 Å². The molecule has 0 amide bonds. The topological polar surface area (TPSA) is 75.8 Å². The number of rotatable bonds is 4. The lowest BCUT2D eigenvalue weighted by Gasteiger charge is -2.18. The Morgan fingerprint density at radius 1 is 1.24 bits per heavy atom. The fraction of sp³-hybridized carbons (Fsp3) is 0.143. The molecule has 0 aliphatic heterocycles. The highest BCUT2D eigenvalue weighted by Crippen LogP contribution is 2.40. The summed E-state index contributed by atoms with van der Waals surface area (Å²) in [5.41, 5.74) is 0.109. The Morgan fingerprint density at radius 2 is 1.86 bits per heavy atom. The van der Waals surface area contributed by atoms with Crippen LogP contribution < -0.4 is 9.64 Å². The van der Waals surface area contributed by atoms with Crippen LogP contribution in [0.5, 0.6) is 17.2 Å². The number of aromatic hydroxyl groups is 1. The van der Waals surface area contributed by atoms with Crippen LogP contribution in [-0.4, -0.2) is 24.1 Å². The van der Waals surface area contributed by atoms with Crippen molar-refractivity contribution >= 4 is 23.0 Å². The Morgan fingerprint density at radius 3 is 2.38 bits per heavy atom. The Bertz CT molecular complexity index is 671. The second-order valence-electron chi connectivity index (χ2n) is 4.52. The van der Waals surface area contributed by atoms with Gasteiger partial charge in [-0.05, 0) is 24.3 Å². The van der Waals surface area contributed by atoms with Crippen molar-refractivity contribution in [3.8, 4) is 17.2 Å². The summed E-state index contributed by atoms with van der Waals surface area (Å²) in [4.78, 5) is 11.9.